The number of nitriles is 1. The minimum atomic E-state index is -0.767. The molecule has 6 heteroatoms. The molecule has 6 nitrogen and oxygen atoms in total. The van der Waals surface area contributed by atoms with Gasteiger partial charge < -0.3 is 15.2 Å². The van der Waals surface area contributed by atoms with Crippen molar-refractivity contribution >= 4 is 11.8 Å². The SMILES string of the molecule is CC12CC3O[C@@]34C(C3=C(N)C5C(=O)CCC4(C)[C@]5(C#N)C3)C1CC[C@@]21CCC(=O)O1. The van der Waals surface area contributed by atoms with Crippen LogP contribution in [0.1, 0.15) is 65.2 Å². The lowest BCUT2D eigenvalue weighted by molar-refractivity contribution is -0.167. The lowest BCUT2D eigenvalue weighted by Gasteiger charge is -2.60. The zero-order valence-corrected chi connectivity index (χ0v) is 17.6. The van der Waals surface area contributed by atoms with E-state index in [0.717, 1.165) is 31.3 Å². The number of nitrogens with zero attached hydrogens (tertiary/aromatic N) is 1. The first-order valence-electron chi connectivity index (χ1n) is 11.5. The number of esters is 1. The molecule has 9 atom stereocenters. The summed E-state index contributed by atoms with van der Waals surface area (Å²) in [4.78, 5) is 25.1. The van der Waals surface area contributed by atoms with Crippen LogP contribution in [0.15, 0.2) is 11.3 Å². The molecule has 6 fully saturated rings. The fourth-order valence-corrected chi connectivity index (χ4v) is 9.81. The van der Waals surface area contributed by atoms with E-state index in [1.807, 2.05) is 0 Å². The second-order valence-electron chi connectivity index (χ2n) is 11.6. The van der Waals surface area contributed by atoms with Crippen LogP contribution in [-0.2, 0) is 19.1 Å². The Balaban J connectivity index is 1.44. The van der Waals surface area contributed by atoms with Gasteiger partial charge in [-0.05, 0) is 50.0 Å². The summed E-state index contributed by atoms with van der Waals surface area (Å²) in [5, 5.41) is 10.4. The van der Waals surface area contributed by atoms with Gasteiger partial charge in [-0.1, -0.05) is 13.8 Å². The lowest BCUT2D eigenvalue weighted by atomic mass is 9.39. The van der Waals surface area contributed by atoms with Crippen molar-refractivity contribution in [2.24, 2.45) is 39.7 Å². The van der Waals surface area contributed by atoms with E-state index in [1.165, 1.54) is 0 Å². The number of hydrogen-bond acceptors (Lipinski definition) is 6. The van der Waals surface area contributed by atoms with Crippen molar-refractivity contribution in [3.05, 3.63) is 11.3 Å². The molecule has 7 rings (SSSR count). The van der Waals surface area contributed by atoms with Crippen LogP contribution in [0, 0.1) is 45.3 Å². The summed E-state index contributed by atoms with van der Waals surface area (Å²) >= 11 is 0. The number of Topliss-reactive ketones (excluding diaryl/α,β-unsaturated/α-hetero) is 1. The normalized spacial score (nSPS) is 59.5. The molecule has 7 aliphatic rings. The number of ether oxygens (including phenoxy) is 2. The highest BCUT2D eigenvalue weighted by Gasteiger charge is 2.88. The molecule has 0 radical (unpaired) electrons. The second kappa shape index (κ2) is 4.65. The van der Waals surface area contributed by atoms with E-state index < -0.39 is 22.5 Å². The molecule has 6 unspecified atom stereocenters. The molecule has 0 aromatic rings. The second-order valence-corrected chi connectivity index (χ2v) is 11.6. The largest absolute Gasteiger partial charge is 0.458 e. The first-order chi connectivity index (χ1) is 14.2. The first kappa shape index (κ1) is 17.8. The molecule has 0 aromatic heterocycles. The Kier molecular flexibility index (Phi) is 2.75. The van der Waals surface area contributed by atoms with Crippen molar-refractivity contribution in [1.82, 2.24) is 0 Å². The Bertz CT molecular complexity index is 1030. The molecule has 30 heavy (non-hydrogen) atoms. The van der Waals surface area contributed by atoms with Crippen LogP contribution in [0.5, 0.6) is 0 Å². The molecule has 0 aromatic carbocycles. The van der Waals surface area contributed by atoms with Crippen LogP contribution in [0.4, 0.5) is 0 Å². The molecule has 2 saturated heterocycles. The summed E-state index contributed by atoms with van der Waals surface area (Å²) in [6, 6.07) is 2.63. The van der Waals surface area contributed by atoms with Gasteiger partial charge >= 0.3 is 5.97 Å². The maximum atomic E-state index is 13.0. The van der Waals surface area contributed by atoms with E-state index >= 15 is 0 Å². The fraction of sp³-hybridized carbons (Fsp3) is 0.792. The first-order valence-corrected chi connectivity index (χ1v) is 11.5. The van der Waals surface area contributed by atoms with Gasteiger partial charge in [-0.3, -0.25) is 9.59 Å². The number of hydrogen-bond donors (Lipinski definition) is 1. The minimum Gasteiger partial charge on any atom is -0.458 e. The Morgan fingerprint density at radius 3 is 2.67 bits per heavy atom. The summed E-state index contributed by atoms with van der Waals surface area (Å²) in [7, 11) is 0. The summed E-state index contributed by atoms with van der Waals surface area (Å²) in [6.45, 7) is 4.51. The number of rotatable bonds is 0. The summed E-state index contributed by atoms with van der Waals surface area (Å²) in [5.41, 5.74) is 6.43. The lowest BCUT2D eigenvalue weighted by Crippen LogP contribution is -2.66. The molecular formula is C24H28N2O4. The van der Waals surface area contributed by atoms with Gasteiger partial charge in [-0.15, -0.1) is 0 Å². The Morgan fingerprint density at radius 1 is 1.17 bits per heavy atom. The minimum absolute atomic E-state index is 0.0470. The third-order valence-electron chi connectivity index (χ3n) is 11.3. The van der Waals surface area contributed by atoms with Gasteiger partial charge in [0.25, 0.3) is 0 Å². The van der Waals surface area contributed by atoms with E-state index in [1.54, 1.807) is 0 Å². The number of carbonyl (C=O) groups excluding carboxylic acids is 2. The summed E-state index contributed by atoms with van der Waals surface area (Å²) in [6.07, 6.45) is 5.87. The number of nitrogens with two attached hydrogens (primary N) is 1. The maximum Gasteiger partial charge on any atom is 0.306 e. The Labute approximate surface area is 176 Å². The van der Waals surface area contributed by atoms with Crippen LogP contribution in [0.2, 0.25) is 0 Å². The number of allylic oxidation sites excluding steroid dienone is 1. The number of carbonyl (C=O) groups is 2. The van der Waals surface area contributed by atoms with Crippen molar-refractivity contribution < 1.29 is 19.1 Å². The molecule has 2 bridgehead atoms. The van der Waals surface area contributed by atoms with Gasteiger partial charge in [-0.2, -0.15) is 5.26 Å². The van der Waals surface area contributed by atoms with Crippen LogP contribution < -0.4 is 5.73 Å². The molecule has 158 valence electrons. The Hall–Kier alpha value is -1.87. The number of fused-ring (bicyclic) bond motifs is 5. The molecule has 0 amide bonds. The number of ketones is 1. The van der Waals surface area contributed by atoms with Gasteiger partial charge in [0.2, 0.25) is 0 Å². The van der Waals surface area contributed by atoms with E-state index in [4.69, 9.17) is 15.2 Å². The quantitative estimate of drug-likeness (QED) is 0.488. The maximum absolute atomic E-state index is 13.0. The topological polar surface area (TPSA) is 106 Å². The van der Waals surface area contributed by atoms with Crippen LogP contribution >= 0.6 is 0 Å². The predicted octanol–water partition coefficient (Wildman–Crippen LogP) is 2.76. The number of epoxide rings is 1. The van der Waals surface area contributed by atoms with E-state index in [2.05, 4.69) is 19.9 Å². The third-order valence-corrected chi connectivity index (χ3v) is 11.3. The zero-order valence-electron chi connectivity index (χ0n) is 17.6. The molecule has 2 heterocycles. The highest BCUT2D eigenvalue weighted by Crippen LogP contribution is 2.83. The highest BCUT2D eigenvalue weighted by molar-refractivity contribution is 5.88. The molecule has 5 aliphatic carbocycles. The molecular weight excluding hydrogens is 380 g/mol. The van der Waals surface area contributed by atoms with Gasteiger partial charge in [0.15, 0.2) is 0 Å². The average Bonchev–Trinajstić information content (AvgIpc) is 3.01. The highest BCUT2D eigenvalue weighted by atomic mass is 16.6. The average molecular weight is 408 g/mol. The van der Waals surface area contributed by atoms with Crippen molar-refractivity contribution in [3.8, 4) is 6.07 Å². The van der Waals surface area contributed by atoms with E-state index in [9.17, 15) is 14.9 Å². The fourth-order valence-electron chi connectivity index (χ4n) is 9.81. The molecule has 2 spiro atoms. The summed E-state index contributed by atoms with van der Waals surface area (Å²) < 4.78 is 12.7. The van der Waals surface area contributed by atoms with Gasteiger partial charge in [0.1, 0.15) is 17.0 Å². The van der Waals surface area contributed by atoms with Crippen LogP contribution in [-0.4, -0.2) is 29.1 Å². The monoisotopic (exact) mass is 408 g/mol. The molecule has 2 aliphatic heterocycles. The molecule has 2 N–H and O–H groups in total. The predicted molar refractivity (Wildman–Crippen MR) is 104 cm³/mol. The van der Waals surface area contributed by atoms with Gasteiger partial charge in [0, 0.05) is 35.3 Å². The van der Waals surface area contributed by atoms with Crippen LogP contribution in [0.25, 0.3) is 0 Å². The third kappa shape index (κ3) is 1.41. The van der Waals surface area contributed by atoms with E-state index in [-0.39, 0.29) is 34.6 Å². The zero-order chi connectivity index (χ0) is 20.9. The van der Waals surface area contributed by atoms with E-state index in [0.29, 0.717) is 37.3 Å². The van der Waals surface area contributed by atoms with Crippen LogP contribution in [0.3, 0.4) is 0 Å². The van der Waals surface area contributed by atoms with Crippen molar-refractivity contribution in [2.75, 3.05) is 0 Å². The molecule has 4 saturated carbocycles. The van der Waals surface area contributed by atoms with Crippen molar-refractivity contribution in [2.45, 2.75) is 82.5 Å². The Morgan fingerprint density at radius 2 is 1.97 bits per heavy atom. The van der Waals surface area contributed by atoms with Crippen molar-refractivity contribution in [1.29, 1.82) is 5.26 Å². The van der Waals surface area contributed by atoms with Gasteiger partial charge in [0.05, 0.1) is 23.5 Å². The van der Waals surface area contributed by atoms with Gasteiger partial charge in [-0.25, -0.2) is 0 Å². The standard InChI is InChI=1S/C24H28N2O4/c1-20-10-15-24(29-15)17(13(20)3-7-23(20)8-5-16(28)30-23)12-9-22(11-25)18(19(12)26)14(27)4-6-21(22,24)2/h13,15,17-18H,3-10,26H2,1-2H3/t13?,15?,17?,18?,20?,21?,22-,23+,24+/m0/s1. The van der Waals surface area contributed by atoms with Crippen molar-refractivity contribution in [3.63, 3.8) is 0 Å². The smallest absolute Gasteiger partial charge is 0.306 e. The summed E-state index contributed by atoms with van der Waals surface area (Å²) in [5.74, 6) is 0.00250.